The summed E-state index contributed by atoms with van der Waals surface area (Å²) in [6.07, 6.45) is 10.1. The summed E-state index contributed by atoms with van der Waals surface area (Å²) in [6, 6.07) is 4.07. The third-order valence-electron chi connectivity index (χ3n) is 4.74. The molecule has 25 heavy (non-hydrogen) atoms. The number of nitro benzene ring substituents is 1. The van der Waals surface area contributed by atoms with Crippen molar-refractivity contribution in [2.45, 2.75) is 32.4 Å². The predicted octanol–water partition coefficient (Wildman–Crippen LogP) is 4.54. The second-order valence-electron chi connectivity index (χ2n) is 6.93. The molecule has 0 saturated carbocycles. The first-order chi connectivity index (χ1) is 11.7. The van der Waals surface area contributed by atoms with E-state index in [0.717, 1.165) is 0 Å². The lowest BCUT2D eigenvalue weighted by Crippen LogP contribution is -2.57. The lowest BCUT2D eigenvalue weighted by Gasteiger charge is -2.48. The number of hydrogen-bond acceptors (Lipinski definition) is 3. The summed E-state index contributed by atoms with van der Waals surface area (Å²) in [5.41, 5.74) is 0.706. The van der Waals surface area contributed by atoms with Gasteiger partial charge in [-0.1, -0.05) is 47.6 Å². The highest BCUT2D eigenvalue weighted by atomic mass is 35.5. The van der Waals surface area contributed by atoms with Crippen LogP contribution >= 0.6 is 11.6 Å². The molecule has 0 spiro atoms. The Morgan fingerprint density at radius 1 is 1.28 bits per heavy atom. The number of hydrogen-bond donors (Lipinski definition) is 0. The van der Waals surface area contributed by atoms with Crippen LogP contribution < -0.4 is 0 Å². The lowest BCUT2D eigenvalue weighted by atomic mass is 9.78. The van der Waals surface area contributed by atoms with E-state index < -0.39 is 10.5 Å². The second-order valence-corrected chi connectivity index (χ2v) is 7.33. The summed E-state index contributed by atoms with van der Waals surface area (Å²) in [6.45, 7) is 6.01. The van der Waals surface area contributed by atoms with Crippen molar-refractivity contribution in [3.05, 3.63) is 74.9 Å². The maximum Gasteiger partial charge on any atom is 0.288 e. The lowest BCUT2D eigenvalue weighted by molar-refractivity contribution is -0.384. The van der Waals surface area contributed by atoms with E-state index in [-0.39, 0.29) is 34.1 Å². The van der Waals surface area contributed by atoms with Crippen LogP contribution in [0.25, 0.3) is 0 Å². The summed E-state index contributed by atoms with van der Waals surface area (Å²) in [4.78, 5) is 25.6. The summed E-state index contributed by atoms with van der Waals surface area (Å²) in [7, 11) is 0. The van der Waals surface area contributed by atoms with Gasteiger partial charge in [0.25, 0.3) is 11.6 Å². The maximum atomic E-state index is 13.2. The summed E-state index contributed by atoms with van der Waals surface area (Å²) >= 11 is 5.87. The number of fused-ring (bicyclic) bond motifs is 1. The topological polar surface area (TPSA) is 63.5 Å². The van der Waals surface area contributed by atoms with Crippen molar-refractivity contribution in [3.8, 4) is 0 Å². The van der Waals surface area contributed by atoms with Crippen LogP contribution in [0.4, 0.5) is 5.69 Å². The average molecular weight is 359 g/mol. The van der Waals surface area contributed by atoms with E-state index in [2.05, 4.69) is 19.1 Å². The molecule has 0 N–H and O–H groups in total. The highest BCUT2D eigenvalue weighted by Gasteiger charge is 2.42. The van der Waals surface area contributed by atoms with Crippen LogP contribution in [0.3, 0.4) is 0 Å². The predicted molar refractivity (Wildman–Crippen MR) is 97.7 cm³/mol. The fraction of sp³-hybridized carbons (Fsp3) is 0.316. The SMILES string of the molecule is CC1=CC(C)(C)N(C(=O)c2ccc(Cl)c([N+](=O)[O-])c2)C2C=CC=CC12. The van der Waals surface area contributed by atoms with Gasteiger partial charge in [0.1, 0.15) is 5.02 Å². The fourth-order valence-electron chi connectivity index (χ4n) is 3.69. The molecule has 1 aliphatic heterocycles. The summed E-state index contributed by atoms with van der Waals surface area (Å²) in [5, 5.41) is 11.2. The van der Waals surface area contributed by atoms with Gasteiger partial charge in [0.2, 0.25) is 0 Å². The Kier molecular flexibility index (Phi) is 4.29. The molecule has 1 heterocycles. The number of rotatable bonds is 2. The van der Waals surface area contributed by atoms with Crippen molar-refractivity contribution in [1.82, 2.24) is 4.90 Å². The van der Waals surface area contributed by atoms with E-state index in [9.17, 15) is 14.9 Å². The largest absolute Gasteiger partial charge is 0.323 e. The zero-order valence-corrected chi connectivity index (χ0v) is 15.0. The molecule has 2 atom stereocenters. The molecule has 0 radical (unpaired) electrons. The van der Waals surface area contributed by atoms with Crippen LogP contribution in [-0.4, -0.2) is 27.3 Å². The van der Waals surface area contributed by atoms with Crippen LogP contribution in [-0.2, 0) is 0 Å². The minimum Gasteiger partial charge on any atom is -0.323 e. The molecule has 0 fully saturated rings. The quantitative estimate of drug-likeness (QED) is 0.443. The Bertz CT molecular complexity index is 839. The minimum atomic E-state index is -0.573. The van der Waals surface area contributed by atoms with Gasteiger partial charge >= 0.3 is 0 Å². The van der Waals surface area contributed by atoms with Crippen molar-refractivity contribution in [3.63, 3.8) is 0 Å². The maximum absolute atomic E-state index is 13.2. The third-order valence-corrected chi connectivity index (χ3v) is 5.06. The van der Waals surface area contributed by atoms with Gasteiger partial charge in [-0.05, 0) is 32.9 Å². The second kappa shape index (κ2) is 6.15. The molecule has 1 aromatic rings. The highest BCUT2D eigenvalue weighted by molar-refractivity contribution is 6.32. The molecule has 6 heteroatoms. The van der Waals surface area contributed by atoms with Gasteiger partial charge < -0.3 is 4.90 Å². The molecule has 0 saturated heterocycles. The van der Waals surface area contributed by atoms with Crippen molar-refractivity contribution < 1.29 is 9.72 Å². The van der Waals surface area contributed by atoms with Gasteiger partial charge in [-0.2, -0.15) is 0 Å². The van der Waals surface area contributed by atoms with Crippen LogP contribution in [0.1, 0.15) is 31.1 Å². The molecule has 130 valence electrons. The third kappa shape index (κ3) is 3.00. The molecule has 2 aliphatic rings. The van der Waals surface area contributed by atoms with Gasteiger partial charge in [0, 0.05) is 17.5 Å². The van der Waals surface area contributed by atoms with E-state index >= 15 is 0 Å². The monoisotopic (exact) mass is 358 g/mol. The first-order valence-electron chi connectivity index (χ1n) is 8.04. The molecular formula is C19H19ClN2O3. The number of carbonyl (C=O) groups is 1. The molecule has 1 amide bonds. The van der Waals surface area contributed by atoms with E-state index in [4.69, 9.17) is 11.6 Å². The van der Waals surface area contributed by atoms with Crippen LogP contribution in [0.5, 0.6) is 0 Å². The number of amides is 1. The molecule has 5 nitrogen and oxygen atoms in total. The molecular weight excluding hydrogens is 340 g/mol. The number of carbonyl (C=O) groups excluding carboxylic acids is 1. The Balaban J connectivity index is 2.06. The zero-order chi connectivity index (χ0) is 18.4. The number of allylic oxidation sites excluding steroid dienone is 2. The van der Waals surface area contributed by atoms with Crippen molar-refractivity contribution in [2.24, 2.45) is 5.92 Å². The number of halogens is 1. The Morgan fingerprint density at radius 3 is 2.64 bits per heavy atom. The normalized spacial score (nSPS) is 23.8. The summed E-state index contributed by atoms with van der Waals surface area (Å²) in [5.74, 6) is -0.132. The van der Waals surface area contributed by atoms with Crippen LogP contribution in [0.15, 0.2) is 54.2 Å². The Labute approximate surface area is 151 Å². The number of nitro groups is 1. The van der Waals surface area contributed by atoms with Crippen LogP contribution in [0.2, 0.25) is 5.02 Å². The highest BCUT2D eigenvalue weighted by Crippen LogP contribution is 2.38. The minimum absolute atomic E-state index is 0.0218. The molecule has 1 aliphatic carbocycles. The van der Waals surface area contributed by atoms with Gasteiger partial charge in [-0.15, -0.1) is 0 Å². The molecule has 1 aromatic carbocycles. The van der Waals surface area contributed by atoms with E-state index in [1.807, 2.05) is 32.1 Å². The fourth-order valence-corrected chi connectivity index (χ4v) is 3.88. The van der Waals surface area contributed by atoms with E-state index in [0.29, 0.717) is 0 Å². The number of nitrogens with zero attached hydrogens (tertiary/aromatic N) is 2. The zero-order valence-electron chi connectivity index (χ0n) is 14.3. The molecule has 3 rings (SSSR count). The van der Waals surface area contributed by atoms with Gasteiger partial charge in [-0.3, -0.25) is 14.9 Å². The molecule has 0 aromatic heterocycles. The standard InChI is InChI=1S/C19H19ClN2O3/c1-12-11-19(2,3)21(16-7-5-4-6-14(12)16)18(23)13-8-9-15(20)17(10-13)22(24)25/h4-11,14,16H,1-3H3. The Hall–Kier alpha value is -2.40. The van der Waals surface area contributed by atoms with E-state index in [1.54, 1.807) is 4.90 Å². The van der Waals surface area contributed by atoms with Gasteiger partial charge in [-0.25, -0.2) is 0 Å². The van der Waals surface area contributed by atoms with Crippen molar-refractivity contribution in [2.75, 3.05) is 0 Å². The van der Waals surface area contributed by atoms with Gasteiger partial charge in [0.05, 0.1) is 16.5 Å². The molecule has 2 unspecified atom stereocenters. The van der Waals surface area contributed by atoms with E-state index in [1.165, 1.54) is 23.8 Å². The molecule has 0 bridgehead atoms. The Morgan fingerprint density at radius 2 is 1.96 bits per heavy atom. The average Bonchev–Trinajstić information content (AvgIpc) is 2.54. The first-order valence-corrected chi connectivity index (χ1v) is 8.42. The van der Waals surface area contributed by atoms with Gasteiger partial charge in [0.15, 0.2) is 0 Å². The smallest absolute Gasteiger partial charge is 0.288 e. The van der Waals surface area contributed by atoms with Crippen molar-refractivity contribution in [1.29, 1.82) is 0 Å². The van der Waals surface area contributed by atoms with Crippen LogP contribution in [0, 0.1) is 16.0 Å². The van der Waals surface area contributed by atoms with Crippen molar-refractivity contribution >= 4 is 23.2 Å². The first kappa shape index (κ1) is 17.4. The summed E-state index contributed by atoms with van der Waals surface area (Å²) < 4.78 is 0. The number of benzene rings is 1.